The monoisotopic (exact) mass is 379 g/mol. The Balaban J connectivity index is 1.51. The molecule has 1 heterocycles. The van der Waals surface area contributed by atoms with Crippen molar-refractivity contribution in [2.45, 2.75) is 57.6 Å². The van der Waals surface area contributed by atoms with Gasteiger partial charge in [-0.25, -0.2) is 0 Å². The molecule has 4 heteroatoms. The summed E-state index contributed by atoms with van der Waals surface area (Å²) in [5, 5.41) is 0. The van der Waals surface area contributed by atoms with Crippen molar-refractivity contribution in [1.82, 2.24) is 4.90 Å². The van der Waals surface area contributed by atoms with E-state index < -0.39 is 5.72 Å². The fourth-order valence-electron chi connectivity index (χ4n) is 4.46. The van der Waals surface area contributed by atoms with Crippen LogP contribution in [0.4, 0.5) is 0 Å². The number of nitrogens with zero attached hydrogens (tertiary/aromatic N) is 1. The SMILES string of the molecule is CC(C)[C@@H]1CO[C@]2(CC[C@@H](OCc3ccccc3)C2)N1C(=O)c1ccccc1. The van der Waals surface area contributed by atoms with Crippen molar-refractivity contribution < 1.29 is 14.3 Å². The molecule has 0 unspecified atom stereocenters. The third kappa shape index (κ3) is 3.71. The molecule has 1 saturated carbocycles. The summed E-state index contributed by atoms with van der Waals surface area (Å²) in [6.45, 7) is 5.52. The summed E-state index contributed by atoms with van der Waals surface area (Å²) < 4.78 is 12.5. The minimum atomic E-state index is -0.538. The van der Waals surface area contributed by atoms with Crippen LogP contribution in [0, 0.1) is 5.92 Å². The van der Waals surface area contributed by atoms with E-state index in [0.717, 1.165) is 24.8 Å². The summed E-state index contributed by atoms with van der Waals surface area (Å²) in [5.41, 5.74) is 1.36. The average Bonchev–Trinajstić information content (AvgIpc) is 3.31. The summed E-state index contributed by atoms with van der Waals surface area (Å²) in [6, 6.07) is 19.9. The zero-order chi connectivity index (χ0) is 19.6. The molecule has 4 nitrogen and oxygen atoms in total. The Kier molecular flexibility index (Phi) is 5.51. The van der Waals surface area contributed by atoms with Gasteiger partial charge < -0.3 is 14.4 Å². The maximum absolute atomic E-state index is 13.4. The van der Waals surface area contributed by atoms with Crippen molar-refractivity contribution in [3.05, 3.63) is 71.8 Å². The second-order valence-corrected chi connectivity index (χ2v) is 8.27. The Morgan fingerprint density at radius 1 is 1.14 bits per heavy atom. The fraction of sp³-hybridized carbons (Fsp3) is 0.458. The Labute approximate surface area is 167 Å². The number of carbonyl (C=O) groups is 1. The zero-order valence-corrected chi connectivity index (χ0v) is 16.7. The number of amides is 1. The molecule has 1 aliphatic carbocycles. The smallest absolute Gasteiger partial charge is 0.256 e. The molecular formula is C24H29NO3. The molecule has 2 fully saturated rings. The topological polar surface area (TPSA) is 38.8 Å². The maximum Gasteiger partial charge on any atom is 0.256 e. The number of benzene rings is 2. The van der Waals surface area contributed by atoms with Crippen LogP contribution in [0.2, 0.25) is 0 Å². The Morgan fingerprint density at radius 3 is 2.50 bits per heavy atom. The molecule has 0 N–H and O–H groups in total. The quantitative estimate of drug-likeness (QED) is 0.759. The molecular weight excluding hydrogens is 350 g/mol. The molecule has 4 rings (SSSR count). The van der Waals surface area contributed by atoms with Crippen molar-refractivity contribution in [2.75, 3.05) is 6.61 Å². The highest BCUT2D eigenvalue weighted by atomic mass is 16.5. The third-order valence-corrected chi connectivity index (χ3v) is 6.03. The molecule has 148 valence electrons. The van der Waals surface area contributed by atoms with Crippen LogP contribution < -0.4 is 0 Å². The van der Waals surface area contributed by atoms with Gasteiger partial charge in [-0.15, -0.1) is 0 Å². The number of carbonyl (C=O) groups excluding carboxylic acids is 1. The number of rotatable bonds is 5. The van der Waals surface area contributed by atoms with Gasteiger partial charge in [0.15, 0.2) is 0 Å². The van der Waals surface area contributed by atoms with E-state index in [-0.39, 0.29) is 18.1 Å². The van der Waals surface area contributed by atoms with Crippen LogP contribution in [0.1, 0.15) is 49.0 Å². The van der Waals surface area contributed by atoms with Crippen LogP contribution in [0.3, 0.4) is 0 Å². The first-order valence-corrected chi connectivity index (χ1v) is 10.3. The van der Waals surface area contributed by atoms with E-state index in [2.05, 4.69) is 26.0 Å². The van der Waals surface area contributed by atoms with Gasteiger partial charge in [0.2, 0.25) is 0 Å². The van der Waals surface area contributed by atoms with E-state index in [9.17, 15) is 4.79 Å². The molecule has 1 amide bonds. The first kappa shape index (κ1) is 19.2. The largest absolute Gasteiger partial charge is 0.373 e. The van der Waals surface area contributed by atoms with Gasteiger partial charge in [0.1, 0.15) is 5.72 Å². The molecule has 0 aromatic heterocycles. The van der Waals surface area contributed by atoms with Gasteiger partial charge in [0, 0.05) is 12.0 Å². The van der Waals surface area contributed by atoms with Gasteiger partial charge in [-0.2, -0.15) is 0 Å². The zero-order valence-electron chi connectivity index (χ0n) is 16.7. The van der Waals surface area contributed by atoms with Gasteiger partial charge in [-0.1, -0.05) is 62.4 Å². The van der Waals surface area contributed by atoms with E-state index >= 15 is 0 Å². The highest BCUT2D eigenvalue weighted by Gasteiger charge is 2.55. The number of ether oxygens (including phenoxy) is 2. The number of hydrogen-bond acceptors (Lipinski definition) is 3. The van der Waals surface area contributed by atoms with E-state index in [1.807, 2.05) is 53.4 Å². The van der Waals surface area contributed by atoms with Crippen LogP contribution >= 0.6 is 0 Å². The third-order valence-electron chi connectivity index (χ3n) is 6.03. The van der Waals surface area contributed by atoms with Crippen molar-refractivity contribution in [3.8, 4) is 0 Å². The first-order chi connectivity index (χ1) is 13.6. The molecule has 2 aliphatic rings. The van der Waals surface area contributed by atoms with E-state index in [1.54, 1.807) is 0 Å². The van der Waals surface area contributed by atoms with Gasteiger partial charge in [0.05, 0.1) is 25.4 Å². The van der Waals surface area contributed by atoms with Crippen LogP contribution in [-0.4, -0.2) is 35.3 Å². The molecule has 1 saturated heterocycles. The predicted octanol–water partition coefficient (Wildman–Crippen LogP) is 4.65. The van der Waals surface area contributed by atoms with Crippen molar-refractivity contribution in [2.24, 2.45) is 5.92 Å². The summed E-state index contributed by atoms with van der Waals surface area (Å²) >= 11 is 0. The normalized spacial score (nSPS) is 27.0. The van der Waals surface area contributed by atoms with Gasteiger partial charge >= 0.3 is 0 Å². The van der Waals surface area contributed by atoms with Crippen molar-refractivity contribution >= 4 is 5.91 Å². The molecule has 1 aliphatic heterocycles. The van der Waals surface area contributed by atoms with Crippen LogP contribution in [-0.2, 0) is 16.1 Å². The number of hydrogen-bond donors (Lipinski definition) is 0. The van der Waals surface area contributed by atoms with Gasteiger partial charge in [-0.3, -0.25) is 4.79 Å². The molecule has 28 heavy (non-hydrogen) atoms. The van der Waals surface area contributed by atoms with Gasteiger partial charge in [0.25, 0.3) is 5.91 Å². The van der Waals surface area contributed by atoms with Crippen LogP contribution in [0.5, 0.6) is 0 Å². The lowest BCUT2D eigenvalue weighted by Crippen LogP contribution is -2.51. The Hall–Kier alpha value is -2.17. The van der Waals surface area contributed by atoms with E-state index in [0.29, 0.717) is 19.1 Å². The minimum Gasteiger partial charge on any atom is -0.373 e. The fourth-order valence-corrected chi connectivity index (χ4v) is 4.46. The summed E-state index contributed by atoms with van der Waals surface area (Å²) in [6.07, 6.45) is 2.59. The second kappa shape index (κ2) is 8.06. The van der Waals surface area contributed by atoms with Crippen molar-refractivity contribution in [1.29, 1.82) is 0 Å². The van der Waals surface area contributed by atoms with E-state index in [1.165, 1.54) is 5.56 Å². The predicted molar refractivity (Wildman–Crippen MR) is 109 cm³/mol. The average molecular weight is 380 g/mol. The highest BCUT2D eigenvalue weighted by molar-refractivity contribution is 5.95. The molecule has 1 spiro atoms. The van der Waals surface area contributed by atoms with Crippen LogP contribution in [0.25, 0.3) is 0 Å². The van der Waals surface area contributed by atoms with Gasteiger partial charge in [-0.05, 0) is 36.5 Å². The lowest BCUT2D eigenvalue weighted by molar-refractivity contribution is -0.0781. The molecule has 0 bridgehead atoms. The lowest BCUT2D eigenvalue weighted by atomic mass is 9.99. The van der Waals surface area contributed by atoms with E-state index in [4.69, 9.17) is 9.47 Å². The molecule has 2 aromatic rings. The summed E-state index contributed by atoms with van der Waals surface area (Å²) in [4.78, 5) is 15.4. The first-order valence-electron chi connectivity index (χ1n) is 10.3. The van der Waals surface area contributed by atoms with Crippen molar-refractivity contribution in [3.63, 3.8) is 0 Å². The molecule has 0 radical (unpaired) electrons. The second-order valence-electron chi connectivity index (χ2n) is 8.27. The molecule has 2 aromatic carbocycles. The Morgan fingerprint density at radius 2 is 1.82 bits per heavy atom. The minimum absolute atomic E-state index is 0.0699. The van der Waals surface area contributed by atoms with Crippen LogP contribution in [0.15, 0.2) is 60.7 Å². The lowest BCUT2D eigenvalue weighted by Gasteiger charge is -2.38. The highest BCUT2D eigenvalue weighted by Crippen LogP contribution is 2.45. The molecule has 3 atom stereocenters. The summed E-state index contributed by atoms with van der Waals surface area (Å²) in [5.74, 6) is 0.414. The maximum atomic E-state index is 13.4. The Bertz CT molecular complexity index is 792. The standard InChI is InChI=1S/C24H29NO3/c1-18(2)22-17-28-24(25(22)23(26)20-11-7-4-8-12-20)14-13-21(15-24)27-16-19-9-5-3-6-10-19/h3-12,18,21-22H,13-17H2,1-2H3/t21-,22+,24+/m1/s1. The summed E-state index contributed by atoms with van der Waals surface area (Å²) in [7, 11) is 0.